The molecule has 19 heavy (non-hydrogen) atoms. The quantitative estimate of drug-likeness (QED) is 0.597. The van der Waals surface area contributed by atoms with E-state index in [2.05, 4.69) is 17.4 Å². The van der Waals surface area contributed by atoms with Crippen molar-refractivity contribution in [2.75, 3.05) is 19.8 Å². The summed E-state index contributed by atoms with van der Waals surface area (Å²) in [6.45, 7) is 3.92. The van der Waals surface area contributed by atoms with Gasteiger partial charge in [0.15, 0.2) is 5.71 Å². The number of ether oxygens (including phenoxy) is 1. The smallest absolute Gasteiger partial charge is 0.353 e. The number of hydrogen-bond donors (Lipinski definition) is 2. The summed E-state index contributed by atoms with van der Waals surface area (Å²) >= 11 is 0. The molecule has 0 spiro atoms. The minimum absolute atomic E-state index is 0.00810. The number of carboxylic acids is 1. The molecule has 0 aliphatic carbocycles. The zero-order valence-electron chi connectivity index (χ0n) is 11.1. The highest BCUT2D eigenvalue weighted by Crippen LogP contribution is 2.10. The van der Waals surface area contributed by atoms with E-state index in [4.69, 9.17) is 14.7 Å². The van der Waals surface area contributed by atoms with E-state index in [1.165, 1.54) is 0 Å². The van der Waals surface area contributed by atoms with Crippen LogP contribution in [-0.2, 0) is 19.2 Å². The molecule has 1 heterocycles. The first-order valence-corrected chi connectivity index (χ1v) is 6.46. The third-order valence-electron chi connectivity index (χ3n) is 2.62. The molecule has 7 heteroatoms. The molecule has 1 aliphatic heterocycles. The van der Waals surface area contributed by atoms with Gasteiger partial charge < -0.3 is 20.0 Å². The maximum absolute atomic E-state index is 11.6. The number of carbonyl (C=O) groups is 2. The van der Waals surface area contributed by atoms with E-state index in [1.54, 1.807) is 0 Å². The Morgan fingerprint density at radius 2 is 2.21 bits per heavy atom. The molecule has 1 rings (SSSR count). The van der Waals surface area contributed by atoms with Gasteiger partial charge in [-0.1, -0.05) is 18.5 Å². The Morgan fingerprint density at radius 3 is 2.84 bits per heavy atom. The van der Waals surface area contributed by atoms with Crippen molar-refractivity contribution in [2.45, 2.75) is 38.7 Å². The lowest BCUT2D eigenvalue weighted by Crippen LogP contribution is -2.36. The molecular formula is C12H20N2O5. The van der Waals surface area contributed by atoms with Crippen molar-refractivity contribution in [3.05, 3.63) is 0 Å². The van der Waals surface area contributed by atoms with Crippen molar-refractivity contribution < 1.29 is 24.3 Å². The summed E-state index contributed by atoms with van der Waals surface area (Å²) in [6, 6.07) is 0. The Hall–Kier alpha value is -1.63. The molecule has 0 saturated carbocycles. The van der Waals surface area contributed by atoms with Gasteiger partial charge in [0.1, 0.15) is 0 Å². The van der Waals surface area contributed by atoms with E-state index in [9.17, 15) is 9.59 Å². The van der Waals surface area contributed by atoms with Crippen LogP contribution in [0.4, 0.5) is 0 Å². The van der Waals surface area contributed by atoms with Crippen LogP contribution < -0.4 is 5.32 Å². The molecule has 2 N–H and O–H groups in total. The summed E-state index contributed by atoms with van der Waals surface area (Å²) in [5.74, 6) is -1.49. The van der Waals surface area contributed by atoms with Crippen molar-refractivity contribution in [1.82, 2.24) is 5.32 Å². The summed E-state index contributed by atoms with van der Waals surface area (Å²) in [5.41, 5.74) is -0.122. The van der Waals surface area contributed by atoms with E-state index < -0.39 is 12.1 Å². The van der Waals surface area contributed by atoms with Crippen molar-refractivity contribution in [1.29, 1.82) is 0 Å². The number of amides is 1. The van der Waals surface area contributed by atoms with Gasteiger partial charge in [-0.3, -0.25) is 4.79 Å². The fraction of sp³-hybridized carbons (Fsp3) is 0.750. The van der Waals surface area contributed by atoms with Crippen molar-refractivity contribution >= 4 is 17.6 Å². The molecule has 7 nitrogen and oxygen atoms in total. The Bertz CT molecular complexity index is 343. The molecule has 1 aliphatic rings. The zero-order valence-corrected chi connectivity index (χ0v) is 11.1. The number of carboxylic acid groups (broad SMARTS) is 1. The van der Waals surface area contributed by atoms with E-state index in [1.807, 2.05) is 0 Å². The standard InChI is InChI=1S/C12H20N2O5/c1-2-3-6-18-7-4-5-13-11(15)10-8-9(12(16)17)14-19-10/h10H,2-8H2,1H3,(H,13,15)(H,16,17). The Labute approximate surface area is 111 Å². The maximum Gasteiger partial charge on any atom is 0.353 e. The number of aliphatic carboxylic acids is 1. The lowest BCUT2D eigenvalue weighted by atomic mass is 10.1. The summed E-state index contributed by atoms with van der Waals surface area (Å²) in [7, 11) is 0. The lowest BCUT2D eigenvalue weighted by molar-refractivity contribution is -0.131. The predicted molar refractivity (Wildman–Crippen MR) is 67.9 cm³/mol. The van der Waals surface area contributed by atoms with Crippen LogP contribution >= 0.6 is 0 Å². The van der Waals surface area contributed by atoms with Crippen LogP contribution in [0.3, 0.4) is 0 Å². The SMILES string of the molecule is CCCCOCCCNC(=O)C1CC(C(=O)O)=NO1. The van der Waals surface area contributed by atoms with Crippen LogP contribution in [0.15, 0.2) is 5.16 Å². The number of nitrogens with one attached hydrogen (secondary N) is 1. The third-order valence-corrected chi connectivity index (χ3v) is 2.62. The molecule has 0 bridgehead atoms. The largest absolute Gasteiger partial charge is 0.477 e. The van der Waals surface area contributed by atoms with Gasteiger partial charge >= 0.3 is 5.97 Å². The highest BCUT2D eigenvalue weighted by atomic mass is 16.6. The number of hydrogen-bond acceptors (Lipinski definition) is 5. The molecular weight excluding hydrogens is 252 g/mol. The first-order valence-electron chi connectivity index (χ1n) is 6.46. The van der Waals surface area contributed by atoms with Crippen molar-refractivity contribution in [3.63, 3.8) is 0 Å². The third kappa shape index (κ3) is 5.69. The van der Waals surface area contributed by atoms with Crippen LogP contribution in [0.2, 0.25) is 0 Å². The highest BCUT2D eigenvalue weighted by Gasteiger charge is 2.31. The maximum atomic E-state index is 11.6. The summed E-state index contributed by atoms with van der Waals surface area (Å²) in [5, 5.41) is 14.7. The van der Waals surface area contributed by atoms with Gasteiger partial charge in [-0.2, -0.15) is 0 Å². The molecule has 0 aromatic rings. The van der Waals surface area contributed by atoms with Gasteiger partial charge in [0.25, 0.3) is 5.91 Å². The minimum atomic E-state index is -1.15. The number of rotatable bonds is 9. The molecule has 0 saturated heterocycles. The summed E-state index contributed by atoms with van der Waals surface area (Å²) < 4.78 is 5.35. The number of oxime groups is 1. The molecule has 1 amide bonds. The normalized spacial score (nSPS) is 17.7. The van der Waals surface area contributed by atoms with Crippen LogP contribution in [0.5, 0.6) is 0 Å². The zero-order chi connectivity index (χ0) is 14.1. The van der Waals surface area contributed by atoms with Gasteiger partial charge in [0, 0.05) is 26.2 Å². The Balaban J connectivity index is 2.05. The molecule has 1 atom stereocenters. The van der Waals surface area contributed by atoms with E-state index >= 15 is 0 Å². The second-order valence-electron chi connectivity index (χ2n) is 4.25. The average Bonchev–Trinajstić information content (AvgIpc) is 2.87. The fourth-order valence-electron chi connectivity index (χ4n) is 1.49. The van der Waals surface area contributed by atoms with Gasteiger partial charge in [-0.15, -0.1) is 0 Å². The number of unbranched alkanes of at least 4 members (excludes halogenated alkanes) is 1. The molecule has 108 valence electrons. The molecule has 0 radical (unpaired) electrons. The van der Waals surface area contributed by atoms with Gasteiger partial charge in [-0.05, 0) is 12.8 Å². The van der Waals surface area contributed by atoms with Gasteiger partial charge in [0.05, 0.1) is 0 Å². The first-order chi connectivity index (χ1) is 9.15. The molecule has 0 fully saturated rings. The summed E-state index contributed by atoms with van der Waals surface area (Å²) in [4.78, 5) is 27.0. The predicted octanol–water partition coefficient (Wildman–Crippen LogP) is 0.539. The molecule has 0 aromatic carbocycles. The van der Waals surface area contributed by atoms with Crippen molar-refractivity contribution in [2.24, 2.45) is 5.16 Å². The highest BCUT2D eigenvalue weighted by molar-refractivity contribution is 6.36. The minimum Gasteiger partial charge on any atom is -0.477 e. The Kier molecular flexibility index (Phi) is 6.88. The first kappa shape index (κ1) is 15.4. The van der Waals surface area contributed by atoms with Crippen molar-refractivity contribution in [3.8, 4) is 0 Å². The van der Waals surface area contributed by atoms with Crippen LogP contribution in [0, 0.1) is 0 Å². The van der Waals surface area contributed by atoms with Crippen LogP contribution in [0.1, 0.15) is 32.6 Å². The monoisotopic (exact) mass is 272 g/mol. The second-order valence-corrected chi connectivity index (χ2v) is 4.25. The van der Waals surface area contributed by atoms with Crippen LogP contribution in [0.25, 0.3) is 0 Å². The molecule has 0 aromatic heterocycles. The topological polar surface area (TPSA) is 97.2 Å². The van der Waals surface area contributed by atoms with E-state index in [-0.39, 0.29) is 18.0 Å². The average molecular weight is 272 g/mol. The van der Waals surface area contributed by atoms with E-state index in [0.29, 0.717) is 13.2 Å². The van der Waals surface area contributed by atoms with Gasteiger partial charge in [-0.25, -0.2) is 4.79 Å². The molecule has 1 unspecified atom stereocenters. The van der Waals surface area contributed by atoms with Gasteiger partial charge in [0.2, 0.25) is 6.10 Å². The lowest BCUT2D eigenvalue weighted by Gasteiger charge is -2.09. The number of carbonyl (C=O) groups excluding carboxylic acids is 1. The number of nitrogens with zero attached hydrogens (tertiary/aromatic N) is 1. The Morgan fingerprint density at radius 1 is 1.47 bits per heavy atom. The summed E-state index contributed by atoms with van der Waals surface area (Å²) in [6.07, 6.45) is 2.04. The fourth-order valence-corrected chi connectivity index (χ4v) is 1.49. The van der Waals surface area contributed by atoms with E-state index in [0.717, 1.165) is 25.9 Å². The second kappa shape index (κ2) is 8.47. The van der Waals surface area contributed by atoms with Crippen LogP contribution in [-0.4, -0.2) is 48.6 Å².